The van der Waals surface area contributed by atoms with E-state index < -0.39 is 23.8 Å². The fourth-order valence-corrected chi connectivity index (χ4v) is 1.58. The standard InChI is InChI=1S/C12H14FNO3/c1-7(9-3-5-10(13)6-4-9)11(12(16)17)14-8(2)15/h3-7,11H,1-2H3,(H,14,15)(H,16,17)/t7-,11+/m1/s1. The van der Waals surface area contributed by atoms with Crippen LogP contribution in [0.3, 0.4) is 0 Å². The van der Waals surface area contributed by atoms with Crippen LogP contribution < -0.4 is 5.32 Å². The molecule has 0 aliphatic heterocycles. The smallest absolute Gasteiger partial charge is 0.326 e. The predicted molar refractivity (Wildman–Crippen MR) is 60.1 cm³/mol. The minimum atomic E-state index is -1.11. The van der Waals surface area contributed by atoms with Crippen LogP contribution in [0.1, 0.15) is 25.3 Å². The molecule has 0 unspecified atom stereocenters. The zero-order valence-electron chi connectivity index (χ0n) is 9.61. The maximum absolute atomic E-state index is 12.7. The molecule has 0 fully saturated rings. The molecule has 5 heteroatoms. The summed E-state index contributed by atoms with van der Waals surface area (Å²) in [4.78, 5) is 21.9. The van der Waals surface area contributed by atoms with E-state index in [4.69, 9.17) is 5.11 Å². The normalized spacial score (nSPS) is 13.8. The second-order valence-corrected chi connectivity index (χ2v) is 3.86. The van der Waals surface area contributed by atoms with Gasteiger partial charge in [-0.25, -0.2) is 9.18 Å². The van der Waals surface area contributed by atoms with Crippen LogP contribution in [-0.4, -0.2) is 23.0 Å². The molecule has 0 bridgehead atoms. The fourth-order valence-electron chi connectivity index (χ4n) is 1.58. The Morgan fingerprint density at radius 3 is 2.24 bits per heavy atom. The van der Waals surface area contributed by atoms with Gasteiger partial charge >= 0.3 is 5.97 Å². The second kappa shape index (κ2) is 5.43. The van der Waals surface area contributed by atoms with Gasteiger partial charge in [-0.2, -0.15) is 0 Å². The van der Waals surface area contributed by atoms with Crippen molar-refractivity contribution in [1.29, 1.82) is 0 Å². The molecule has 1 rings (SSSR count). The number of hydrogen-bond donors (Lipinski definition) is 2. The predicted octanol–water partition coefficient (Wildman–Crippen LogP) is 1.52. The Bertz CT molecular complexity index is 416. The first-order valence-corrected chi connectivity index (χ1v) is 5.17. The van der Waals surface area contributed by atoms with E-state index in [0.717, 1.165) is 0 Å². The Kier molecular flexibility index (Phi) is 4.20. The number of carboxylic acids is 1. The summed E-state index contributed by atoms with van der Waals surface area (Å²) in [5.74, 6) is -2.34. The van der Waals surface area contributed by atoms with Crippen LogP contribution in [0.25, 0.3) is 0 Å². The molecule has 92 valence electrons. The zero-order valence-corrected chi connectivity index (χ0v) is 9.61. The van der Waals surface area contributed by atoms with Gasteiger partial charge in [0.1, 0.15) is 11.9 Å². The Labute approximate surface area is 98.5 Å². The van der Waals surface area contributed by atoms with Gasteiger partial charge in [0, 0.05) is 12.8 Å². The number of carbonyl (C=O) groups is 2. The fraction of sp³-hybridized carbons (Fsp3) is 0.333. The number of carboxylic acid groups (broad SMARTS) is 1. The molecule has 2 atom stereocenters. The van der Waals surface area contributed by atoms with Crippen molar-refractivity contribution in [3.8, 4) is 0 Å². The van der Waals surface area contributed by atoms with E-state index in [1.165, 1.54) is 31.2 Å². The van der Waals surface area contributed by atoms with Crippen LogP contribution >= 0.6 is 0 Å². The Hall–Kier alpha value is -1.91. The number of benzene rings is 1. The minimum Gasteiger partial charge on any atom is -0.480 e. The van der Waals surface area contributed by atoms with Crippen molar-refractivity contribution in [2.24, 2.45) is 0 Å². The van der Waals surface area contributed by atoms with Gasteiger partial charge < -0.3 is 10.4 Å². The van der Waals surface area contributed by atoms with E-state index in [9.17, 15) is 14.0 Å². The van der Waals surface area contributed by atoms with Crippen molar-refractivity contribution in [2.75, 3.05) is 0 Å². The van der Waals surface area contributed by atoms with Gasteiger partial charge in [0.25, 0.3) is 0 Å². The van der Waals surface area contributed by atoms with Crippen molar-refractivity contribution >= 4 is 11.9 Å². The Morgan fingerprint density at radius 1 is 1.29 bits per heavy atom. The summed E-state index contributed by atoms with van der Waals surface area (Å²) in [6.45, 7) is 2.93. The molecule has 0 aliphatic rings. The van der Waals surface area contributed by atoms with Gasteiger partial charge in [0.05, 0.1) is 0 Å². The van der Waals surface area contributed by atoms with Crippen LogP contribution in [0.2, 0.25) is 0 Å². The first-order chi connectivity index (χ1) is 7.91. The van der Waals surface area contributed by atoms with Gasteiger partial charge in [-0.1, -0.05) is 19.1 Å². The summed E-state index contributed by atoms with van der Waals surface area (Å²) in [6, 6.07) is 4.53. The SMILES string of the molecule is CC(=O)N[C@H](C(=O)O)[C@H](C)c1ccc(F)cc1. The summed E-state index contributed by atoms with van der Waals surface area (Å²) >= 11 is 0. The lowest BCUT2D eigenvalue weighted by molar-refractivity contribution is -0.142. The summed E-state index contributed by atoms with van der Waals surface area (Å²) in [6.07, 6.45) is 0. The summed E-state index contributed by atoms with van der Waals surface area (Å²) in [5, 5.41) is 11.4. The summed E-state index contributed by atoms with van der Waals surface area (Å²) in [7, 11) is 0. The largest absolute Gasteiger partial charge is 0.480 e. The number of aliphatic carboxylic acids is 1. The van der Waals surface area contributed by atoms with Crippen LogP contribution in [0.4, 0.5) is 4.39 Å². The number of carbonyl (C=O) groups excluding carboxylic acids is 1. The van der Waals surface area contributed by atoms with E-state index in [1.807, 2.05) is 0 Å². The molecule has 0 heterocycles. The van der Waals surface area contributed by atoms with E-state index in [0.29, 0.717) is 5.56 Å². The van der Waals surface area contributed by atoms with Crippen molar-refractivity contribution in [3.05, 3.63) is 35.6 Å². The molecule has 2 N–H and O–H groups in total. The lowest BCUT2D eigenvalue weighted by atomic mass is 9.93. The van der Waals surface area contributed by atoms with Crippen molar-refractivity contribution in [3.63, 3.8) is 0 Å². The van der Waals surface area contributed by atoms with Crippen LogP contribution in [0, 0.1) is 5.82 Å². The van der Waals surface area contributed by atoms with Crippen molar-refractivity contribution < 1.29 is 19.1 Å². The van der Waals surface area contributed by atoms with Gasteiger partial charge in [-0.3, -0.25) is 4.79 Å². The van der Waals surface area contributed by atoms with E-state index >= 15 is 0 Å². The molecule has 17 heavy (non-hydrogen) atoms. The molecule has 0 radical (unpaired) electrons. The number of nitrogens with one attached hydrogen (secondary N) is 1. The Balaban J connectivity index is 2.91. The molecule has 0 aromatic heterocycles. The Morgan fingerprint density at radius 2 is 1.82 bits per heavy atom. The molecule has 0 aliphatic carbocycles. The number of hydrogen-bond acceptors (Lipinski definition) is 2. The van der Waals surface area contributed by atoms with Crippen LogP contribution in [-0.2, 0) is 9.59 Å². The van der Waals surface area contributed by atoms with Crippen LogP contribution in [0.5, 0.6) is 0 Å². The highest BCUT2D eigenvalue weighted by Crippen LogP contribution is 2.19. The van der Waals surface area contributed by atoms with E-state index in [-0.39, 0.29) is 5.82 Å². The maximum Gasteiger partial charge on any atom is 0.326 e. The minimum absolute atomic E-state index is 0.382. The molecular formula is C12H14FNO3. The maximum atomic E-state index is 12.7. The summed E-state index contributed by atoms with van der Waals surface area (Å²) < 4.78 is 12.7. The van der Waals surface area contributed by atoms with Gasteiger partial charge in [0.15, 0.2) is 0 Å². The number of amides is 1. The van der Waals surface area contributed by atoms with E-state index in [2.05, 4.69) is 5.32 Å². The molecule has 1 aromatic rings. The number of rotatable bonds is 4. The van der Waals surface area contributed by atoms with Crippen molar-refractivity contribution in [2.45, 2.75) is 25.8 Å². The lowest BCUT2D eigenvalue weighted by Gasteiger charge is -2.21. The summed E-state index contributed by atoms with van der Waals surface area (Å²) in [5.41, 5.74) is 0.660. The third kappa shape index (κ3) is 3.55. The van der Waals surface area contributed by atoms with Crippen LogP contribution in [0.15, 0.2) is 24.3 Å². The molecule has 0 saturated heterocycles. The quantitative estimate of drug-likeness (QED) is 0.837. The first-order valence-electron chi connectivity index (χ1n) is 5.17. The molecule has 4 nitrogen and oxygen atoms in total. The molecule has 1 amide bonds. The molecule has 0 spiro atoms. The first kappa shape index (κ1) is 13.2. The van der Waals surface area contributed by atoms with Gasteiger partial charge in [-0.15, -0.1) is 0 Å². The highest BCUT2D eigenvalue weighted by atomic mass is 19.1. The third-order valence-corrected chi connectivity index (χ3v) is 2.52. The van der Waals surface area contributed by atoms with E-state index in [1.54, 1.807) is 6.92 Å². The highest BCUT2D eigenvalue weighted by Gasteiger charge is 2.26. The average Bonchev–Trinajstić information content (AvgIpc) is 2.25. The molecular weight excluding hydrogens is 225 g/mol. The molecule has 1 aromatic carbocycles. The average molecular weight is 239 g/mol. The van der Waals surface area contributed by atoms with Gasteiger partial charge in [-0.05, 0) is 17.7 Å². The van der Waals surface area contributed by atoms with Gasteiger partial charge in [0.2, 0.25) is 5.91 Å². The topological polar surface area (TPSA) is 66.4 Å². The zero-order chi connectivity index (χ0) is 13.0. The molecule has 0 saturated carbocycles. The lowest BCUT2D eigenvalue weighted by Crippen LogP contribution is -2.43. The number of halogens is 1. The van der Waals surface area contributed by atoms with Crippen molar-refractivity contribution in [1.82, 2.24) is 5.32 Å². The second-order valence-electron chi connectivity index (χ2n) is 3.86. The third-order valence-electron chi connectivity index (χ3n) is 2.52. The highest BCUT2D eigenvalue weighted by molar-refractivity contribution is 5.83. The monoisotopic (exact) mass is 239 g/mol.